The van der Waals surface area contributed by atoms with Crippen LogP contribution in [-0.2, 0) is 11.2 Å². The molecule has 0 radical (unpaired) electrons. The molecule has 17 heavy (non-hydrogen) atoms. The first kappa shape index (κ1) is 12.0. The van der Waals surface area contributed by atoms with Crippen LogP contribution in [0.4, 0.5) is 5.69 Å². The molecular weight excluding hydrogens is 212 g/mol. The molecule has 0 bridgehead atoms. The fourth-order valence-corrected chi connectivity index (χ4v) is 1.97. The van der Waals surface area contributed by atoms with Gasteiger partial charge in [0.15, 0.2) is 0 Å². The van der Waals surface area contributed by atoms with Crippen LogP contribution in [0.15, 0.2) is 24.3 Å². The Hall–Kier alpha value is -1.51. The molecule has 1 aliphatic heterocycles. The number of anilines is 1. The fraction of sp³-hybridized carbons (Fsp3) is 0.500. The summed E-state index contributed by atoms with van der Waals surface area (Å²) in [5.74, 6) is 0.0908. The maximum atomic E-state index is 12.1. The van der Waals surface area contributed by atoms with E-state index in [2.05, 4.69) is 23.6 Å². The third-order valence-corrected chi connectivity index (χ3v) is 3.43. The molecule has 1 atom stereocenters. The largest absolute Gasteiger partial charge is 0.373 e. The highest BCUT2D eigenvalue weighted by molar-refractivity contribution is 5.87. The maximum Gasteiger partial charge on any atom is 0.243 e. The van der Waals surface area contributed by atoms with Crippen molar-refractivity contribution in [3.63, 3.8) is 0 Å². The minimum atomic E-state index is -0.131. The number of carbonyl (C=O) groups is 1. The number of amides is 1. The maximum absolute atomic E-state index is 12.1. The van der Waals surface area contributed by atoms with E-state index in [1.54, 1.807) is 0 Å². The van der Waals surface area contributed by atoms with Gasteiger partial charge in [0.2, 0.25) is 5.91 Å². The monoisotopic (exact) mass is 232 g/mol. The molecule has 1 aromatic rings. The Labute approximate surface area is 103 Å². The third-order valence-electron chi connectivity index (χ3n) is 3.43. The van der Waals surface area contributed by atoms with Gasteiger partial charge in [-0.05, 0) is 31.9 Å². The molecule has 0 aliphatic carbocycles. The Bertz CT molecular complexity index is 401. The zero-order chi connectivity index (χ0) is 12.5. The average Bonchev–Trinajstić information content (AvgIpc) is 2.72. The second kappa shape index (κ2) is 4.40. The number of hydrogen-bond donors (Lipinski definition) is 2. The number of fused-ring (bicyclic) bond motifs is 1. The molecule has 2 N–H and O–H groups in total. The van der Waals surface area contributed by atoms with Crippen LogP contribution >= 0.6 is 0 Å². The fourth-order valence-electron chi connectivity index (χ4n) is 1.97. The van der Waals surface area contributed by atoms with Gasteiger partial charge in [-0.15, -0.1) is 0 Å². The van der Waals surface area contributed by atoms with Crippen LogP contribution < -0.4 is 10.6 Å². The Morgan fingerprint density at radius 2 is 2.18 bits per heavy atom. The SMILES string of the molecule is CCC(C)(C)NC(=O)C1Cc2ccccc2N1. The number of hydrogen-bond acceptors (Lipinski definition) is 2. The van der Waals surface area contributed by atoms with Gasteiger partial charge in [0.1, 0.15) is 6.04 Å². The molecule has 1 aliphatic rings. The second-order valence-electron chi connectivity index (χ2n) is 5.28. The van der Waals surface area contributed by atoms with E-state index in [0.717, 1.165) is 18.5 Å². The lowest BCUT2D eigenvalue weighted by Crippen LogP contribution is -2.49. The van der Waals surface area contributed by atoms with E-state index in [9.17, 15) is 4.79 Å². The van der Waals surface area contributed by atoms with Crippen LogP contribution in [0.5, 0.6) is 0 Å². The number of carbonyl (C=O) groups excluding carboxylic acids is 1. The van der Waals surface area contributed by atoms with Crippen molar-refractivity contribution in [2.24, 2.45) is 0 Å². The Morgan fingerprint density at radius 1 is 1.47 bits per heavy atom. The summed E-state index contributed by atoms with van der Waals surface area (Å²) in [6, 6.07) is 7.96. The van der Waals surface area contributed by atoms with Crippen molar-refractivity contribution in [2.45, 2.75) is 45.2 Å². The first-order chi connectivity index (χ1) is 8.02. The summed E-state index contributed by atoms with van der Waals surface area (Å²) in [5, 5.41) is 6.35. The summed E-state index contributed by atoms with van der Waals surface area (Å²) in [5.41, 5.74) is 2.18. The van der Waals surface area contributed by atoms with Crippen molar-refractivity contribution in [3.8, 4) is 0 Å². The van der Waals surface area contributed by atoms with Crippen molar-refractivity contribution in [1.29, 1.82) is 0 Å². The second-order valence-corrected chi connectivity index (χ2v) is 5.28. The van der Waals surface area contributed by atoms with E-state index in [-0.39, 0.29) is 17.5 Å². The predicted octanol–water partition coefficient (Wildman–Crippen LogP) is 2.33. The molecule has 1 amide bonds. The molecule has 0 saturated heterocycles. The minimum Gasteiger partial charge on any atom is -0.373 e. The molecule has 3 nitrogen and oxygen atoms in total. The van der Waals surface area contributed by atoms with Crippen LogP contribution in [0, 0.1) is 0 Å². The van der Waals surface area contributed by atoms with E-state index in [1.807, 2.05) is 32.0 Å². The van der Waals surface area contributed by atoms with Gasteiger partial charge in [0, 0.05) is 17.6 Å². The van der Waals surface area contributed by atoms with Crippen molar-refractivity contribution in [2.75, 3.05) is 5.32 Å². The Balaban J connectivity index is 2.01. The Morgan fingerprint density at radius 3 is 2.82 bits per heavy atom. The van der Waals surface area contributed by atoms with Crippen LogP contribution in [-0.4, -0.2) is 17.5 Å². The summed E-state index contributed by atoms with van der Waals surface area (Å²) < 4.78 is 0. The summed E-state index contributed by atoms with van der Waals surface area (Å²) in [6.07, 6.45) is 1.71. The van der Waals surface area contributed by atoms with Crippen LogP contribution in [0.25, 0.3) is 0 Å². The molecule has 92 valence electrons. The molecule has 0 fully saturated rings. The predicted molar refractivity (Wildman–Crippen MR) is 70.1 cm³/mol. The van der Waals surface area contributed by atoms with Crippen LogP contribution in [0.2, 0.25) is 0 Å². The zero-order valence-corrected chi connectivity index (χ0v) is 10.7. The molecule has 0 aromatic heterocycles. The summed E-state index contributed by atoms with van der Waals surface area (Å²) in [7, 11) is 0. The van der Waals surface area contributed by atoms with E-state index in [0.29, 0.717) is 0 Å². The highest BCUT2D eigenvalue weighted by Crippen LogP contribution is 2.25. The van der Waals surface area contributed by atoms with Gasteiger partial charge in [-0.1, -0.05) is 25.1 Å². The van der Waals surface area contributed by atoms with Gasteiger partial charge in [0.25, 0.3) is 0 Å². The number of rotatable bonds is 3. The molecule has 1 unspecified atom stereocenters. The van der Waals surface area contributed by atoms with Crippen molar-refractivity contribution < 1.29 is 4.79 Å². The Kier molecular flexibility index (Phi) is 3.09. The van der Waals surface area contributed by atoms with E-state index >= 15 is 0 Å². The van der Waals surface area contributed by atoms with Gasteiger partial charge in [0.05, 0.1) is 0 Å². The van der Waals surface area contributed by atoms with E-state index in [1.165, 1.54) is 5.56 Å². The van der Waals surface area contributed by atoms with E-state index < -0.39 is 0 Å². The van der Waals surface area contributed by atoms with Gasteiger partial charge in [-0.3, -0.25) is 4.79 Å². The van der Waals surface area contributed by atoms with Crippen LogP contribution in [0.3, 0.4) is 0 Å². The van der Waals surface area contributed by atoms with Gasteiger partial charge in [-0.2, -0.15) is 0 Å². The molecule has 1 aromatic carbocycles. The lowest BCUT2D eigenvalue weighted by Gasteiger charge is -2.26. The highest BCUT2D eigenvalue weighted by Gasteiger charge is 2.29. The molecule has 1 heterocycles. The van der Waals surface area contributed by atoms with Crippen LogP contribution in [0.1, 0.15) is 32.8 Å². The first-order valence-corrected chi connectivity index (χ1v) is 6.18. The average molecular weight is 232 g/mol. The van der Waals surface area contributed by atoms with Crippen molar-refractivity contribution in [3.05, 3.63) is 29.8 Å². The smallest absolute Gasteiger partial charge is 0.243 e. The molecular formula is C14H20N2O. The lowest BCUT2D eigenvalue weighted by atomic mass is 10.0. The van der Waals surface area contributed by atoms with Crippen molar-refractivity contribution >= 4 is 11.6 Å². The standard InChI is InChI=1S/C14H20N2O/c1-4-14(2,3)16-13(17)12-9-10-7-5-6-8-11(10)15-12/h5-8,12,15H,4,9H2,1-3H3,(H,16,17). The summed E-state index contributed by atoms with van der Waals surface area (Å²) in [6.45, 7) is 6.18. The zero-order valence-electron chi connectivity index (χ0n) is 10.7. The van der Waals surface area contributed by atoms with Gasteiger partial charge in [-0.25, -0.2) is 0 Å². The van der Waals surface area contributed by atoms with E-state index in [4.69, 9.17) is 0 Å². The molecule has 0 spiro atoms. The normalized spacial score (nSPS) is 18.4. The number of nitrogens with one attached hydrogen (secondary N) is 2. The molecule has 0 saturated carbocycles. The molecule has 2 rings (SSSR count). The number of para-hydroxylation sites is 1. The first-order valence-electron chi connectivity index (χ1n) is 6.18. The summed E-state index contributed by atoms with van der Waals surface area (Å²) in [4.78, 5) is 12.1. The minimum absolute atomic E-state index is 0.0908. The third kappa shape index (κ3) is 2.60. The lowest BCUT2D eigenvalue weighted by molar-refractivity contribution is -0.123. The summed E-state index contributed by atoms with van der Waals surface area (Å²) >= 11 is 0. The van der Waals surface area contributed by atoms with Gasteiger partial charge >= 0.3 is 0 Å². The van der Waals surface area contributed by atoms with Gasteiger partial charge < -0.3 is 10.6 Å². The highest BCUT2D eigenvalue weighted by atomic mass is 16.2. The molecule has 3 heteroatoms. The quantitative estimate of drug-likeness (QED) is 0.839. The topological polar surface area (TPSA) is 41.1 Å². The van der Waals surface area contributed by atoms with Crippen molar-refractivity contribution in [1.82, 2.24) is 5.32 Å². The number of benzene rings is 1.